The molecule has 0 rings (SSSR count). The summed E-state index contributed by atoms with van der Waals surface area (Å²) in [6, 6.07) is -8.81. The van der Waals surface area contributed by atoms with Gasteiger partial charge in [-0.3, -0.25) is 0 Å². The summed E-state index contributed by atoms with van der Waals surface area (Å²) in [7, 11) is 0. The van der Waals surface area contributed by atoms with Crippen LogP contribution >= 0.6 is 0 Å². The zero-order valence-corrected chi connectivity index (χ0v) is 11.6. The van der Waals surface area contributed by atoms with Crippen LogP contribution in [0, 0.1) is 0 Å². The SMILES string of the molecule is FC(F)(F)N(C(F)(F)F)C(F)(F)C(F)(C(F)(F)F)C(F)(F)C(F)(F)C(F)(F)F. The van der Waals surface area contributed by atoms with Crippen molar-refractivity contribution in [2.45, 2.75) is 48.5 Å². The molecule has 0 aliphatic heterocycles. The molecule has 20 heteroatoms. The van der Waals surface area contributed by atoms with E-state index in [1.54, 1.807) is 0 Å². The van der Waals surface area contributed by atoms with Gasteiger partial charge >= 0.3 is 48.5 Å². The van der Waals surface area contributed by atoms with Crippen LogP contribution in [0.3, 0.4) is 0 Å². The number of hydrogen-bond acceptors (Lipinski definition) is 1. The lowest BCUT2D eigenvalue weighted by Gasteiger charge is -2.46. The Morgan fingerprint density at radius 2 is 0.643 bits per heavy atom. The second-order valence-corrected chi connectivity index (χ2v) is 4.62. The van der Waals surface area contributed by atoms with Crippen molar-refractivity contribution in [1.82, 2.24) is 4.90 Å². The Labute approximate surface area is 138 Å². The molecule has 0 saturated carbocycles. The minimum Gasteiger partial charge on any atom is -0.218 e. The van der Waals surface area contributed by atoms with E-state index in [4.69, 9.17) is 0 Å². The van der Waals surface area contributed by atoms with E-state index in [0.717, 1.165) is 0 Å². The molecule has 0 spiro atoms. The Morgan fingerprint density at radius 1 is 0.357 bits per heavy atom. The number of halogens is 19. The maximum atomic E-state index is 13.5. The number of nitrogens with zero attached hydrogens (tertiary/aromatic N) is 1. The topological polar surface area (TPSA) is 3.24 Å². The lowest BCUT2D eigenvalue weighted by molar-refractivity contribution is -0.509. The summed E-state index contributed by atoms with van der Waals surface area (Å²) in [5.74, 6) is -17.4. The molecule has 0 saturated heterocycles. The third-order valence-corrected chi connectivity index (χ3v) is 2.78. The fourth-order valence-electron chi connectivity index (χ4n) is 1.55. The molecule has 0 aromatic rings. The van der Waals surface area contributed by atoms with E-state index in [9.17, 15) is 83.4 Å². The van der Waals surface area contributed by atoms with Gasteiger partial charge in [-0.05, 0) is 0 Å². The summed E-state index contributed by atoms with van der Waals surface area (Å²) >= 11 is 0. The highest BCUT2D eigenvalue weighted by atomic mass is 19.4. The van der Waals surface area contributed by atoms with Crippen molar-refractivity contribution in [3.8, 4) is 0 Å². The molecule has 0 fully saturated rings. The molecular weight excluding hydrogens is 471 g/mol. The van der Waals surface area contributed by atoms with Crippen LogP contribution in [0.2, 0.25) is 0 Å². The minimum absolute atomic E-state index is 4.82. The first-order chi connectivity index (χ1) is 11.6. The second kappa shape index (κ2) is 6.31. The highest BCUT2D eigenvalue weighted by Gasteiger charge is 2.96. The van der Waals surface area contributed by atoms with Crippen LogP contribution in [-0.4, -0.2) is 53.4 Å². The van der Waals surface area contributed by atoms with Gasteiger partial charge in [0.1, 0.15) is 0 Å². The highest BCUT2D eigenvalue weighted by molar-refractivity contribution is 5.15. The smallest absolute Gasteiger partial charge is 0.218 e. The zero-order valence-electron chi connectivity index (χ0n) is 11.6. The van der Waals surface area contributed by atoms with E-state index in [2.05, 4.69) is 0 Å². The molecule has 0 bridgehead atoms. The largest absolute Gasteiger partial charge is 0.472 e. The Balaban J connectivity index is 7.27. The molecule has 0 aliphatic rings. The maximum absolute atomic E-state index is 13.5. The maximum Gasteiger partial charge on any atom is 0.472 e. The summed E-state index contributed by atoms with van der Waals surface area (Å²) in [6.45, 7) is 0. The Bertz CT molecular complexity index is 544. The van der Waals surface area contributed by atoms with Crippen LogP contribution in [0.4, 0.5) is 83.4 Å². The van der Waals surface area contributed by atoms with Gasteiger partial charge in [0, 0.05) is 0 Å². The fourth-order valence-corrected chi connectivity index (χ4v) is 1.55. The lowest BCUT2D eigenvalue weighted by Crippen LogP contribution is -2.79. The molecular formula is C8F19N. The molecule has 28 heavy (non-hydrogen) atoms. The molecule has 0 N–H and O–H groups in total. The van der Waals surface area contributed by atoms with Gasteiger partial charge in [0.2, 0.25) is 0 Å². The molecule has 0 aromatic heterocycles. The predicted octanol–water partition coefficient (Wildman–Crippen LogP) is 6.02. The summed E-state index contributed by atoms with van der Waals surface area (Å²) in [6.07, 6.45) is -32.4. The number of rotatable bonds is 4. The highest BCUT2D eigenvalue weighted by Crippen LogP contribution is 2.64. The van der Waals surface area contributed by atoms with Crippen LogP contribution in [-0.2, 0) is 0 Å². The van der Waals surface area contributed by atoms with Crippen LogP contribution in [0.5, 0.6) is 0 Å². The molecule has 0 radical (unpaired) electrons. The van der Waals surface area contributed by atoms with E-state index in [0.29, 0.717) is 0 Å². The van der Waals surface area contributed by atoms with Gasteiger partial charge in [0.25, 0.3) is 0 Å². The Hall–Kier alpha value is -1.37. The number of alkyl halides is 19. The molecule has 0 amide bonds. The third kappa shape index (κ3) is 3.62. The normalized spacial score (nSPS) is 18.4. The van der Waals surface area contributed by atoms with Gasteiger partial charge in [0.05, 0.1) is 0 Å². The minimum atomic E-state index is -9.04. The monoisotopic (exact) mass is 471 g/mol. The van der Waals surface area contributed by atoms with Gasteiger partial charge in [0.15, 0.2) is 0 Å². The van der Waals surface area contributed by atoms with Gasteiger partial charge < -0.3 is 0 Å². The standard InChI is InChI=1S/C8F19N/c9-1(4(14,15)16,2(10,11)3(12,13)5(17,18)19)6(20,21)28(7(22,23)24)8(25,26)27. The second-order valence-electron chi connectivity index (χ2n) is 4.62. The van der Waals surface area contributed by atoms with Crippen molar-refractivity contribution in [3.05, 3.63) is 0 Å². The molecule has 170 valence electrons. The van der Waals surface area contributed by atoms with Crippen molar-refractivity contribution in [2.75, 3.05) is 0 Å². The van der Waals surface area contributed by atoms with E-state index in [1.165, 1.54) is 0 Å². The molecule has 0 aliphatic carbocycles. The molecule has 0 aromatic carbocycles. The van der Waals surface area contributed by atoms with Gasteiger partial charge in [-0.2, -0.15) is 79.0 Å². The van der Waals surface area contributed by atoms with E-state index in [-0.39, 0.29) is 0 Å². The summed E-state index contributed by atoms with van der Waals surface area (Å²) in [5, 5.41) is 0. The van der Waals surface area contributed by atoms with Crippen LogP contribution < -0.4 is 0 Å². The quantitative estimate of drug-likeness (QED) is 0.358. The van der Waals surface area contributed by atoms with Crippen molar-refractivity contribution >= 4 is 0 Å². The van der Waals surface area contributed by atoms with Crippen LogP contribution in [0.15, 0.2) is 0 Å². The van der Waals surface area contributed by atoms with Gasteiger partial charge in [-0.25, -0.2) is 4.39 Å². The molecule has 0 heterocycles. The summed E-state index contributed by atoms with van der Waals surface area (Å²) < 4.78 is 236. The summed E-state index contributed by atoms with van der Waals surface area (Å²) in [5.41, 5.74) is -9.04. The molecule has 1 nitrogen and oxygen atoms in total. The summed E-state index contributed by atoms with van der Waals surface area (Å²) in [4.78, 5) is -4.82. The lowest BCUT2D eigenvalue weighted by atomic mass is 9.88. The molecule has 1 atom stereocenters. The average molecular weight is 471 g/mol. The first kappa shape index (κ1) is 26.6. The van der Waals surface area contributed by atoms with Gasteiger partial charge in [-0.15, -0.1) is 0 Å². The zero-order chi connectivity index (χ0) is 23.6. The van der Waals surface area contributed by atoms with E-state index >= 15 is 0 Å². The molecule has 1 unspecified atom stereocenters. The third-order valence-electron chi connectivity index (χ3n) is 2.78. The van der Waals surface area contributed by atoms with E-state index in [1.807, 2.05) is 0 Å². The van der Waals surface area contributed by atoms with Crippen molar-refractivity contribution in [2.24, 2.45) is 0 Å². The first-order valence-corrected chi connectivity index (χ1v) is 5.51. The fraction of sp³-hybridized carbons (Fsp3) is 1.00. The van der Waals surface area contributed by atoms with Crippen LogP contribution in [0.1, 0.15) is 0 Å². The predicted molar refractivity (Wildman–Crippen MR) is 44.7 cm³/mol. The van der Waals surface area contributed by atoms with Gasteiger partial charge in [-0.1, -0.05) is 4.90 Å². The first-order valence-electron chi connectivity index (χ1n) is 5.51. The van der Waals surface area contributed by atoms with Crippen molar-refractivity contribution in [1.29, 1.82) is 0 Å². The van der Waals surface area contributed by atoms with Crippen molar-refractivity contribution in [3.63, 3.8) is 0 Å². The van der Waals surface area contributed by atoms with Crippen molar-refractivity contribution < 1.29 is 83.4 Å². The van der Waals surface area contributed by atoms with Crippen LogP contribution in [0.25, 0.3) is 0 Å². The number of hydrogen-bond donors (Lipinski definition) is 0. The Morgan fingerprint density at radius 3 is 0.821 bits per heavy atom. The van der Waals surface area contributed by atoms with E-state index < -0.39 is 53.4 Å². The average Bonchev–Trinajstić information content (AvgIpc) is 2.29. The Kier molecular flexibility index (Phi) is 6.00.